The summed E-state index contributed by atoms with van der Waals surface area (Å²) in [6, 6.07) is 27.2. The minimum absolute atomic E-state index is 0.00999. The van der Waals surface area contributed by atoms with E-state index in [0.717, 1.165) is 21.0 Å². The van der Waals surface area contributed by atoms with Gasteiger partial charge in [0.05, 0.1) is 18.7 Å². The van der Waals surface area contributed by atoms with Crippen LogP contribution in [0.1, 0.15) is 16.7 Å². The first kappa shape index (κ1) is 25.8. The zero-order valence-corrected chi connectivity index (χ0v) is 22.0. The number of hydrogen-bond acceptors (Lipinski definition) is 5. The summed E-state index contributed by atoms with van der Waals surface area (Å²) in [7, 11) is 3.12. The zero-order valence-electron chi connectivity index (χ0n) is 20.5. The number of carbonyl (C=O) groups excluding carboxylic acids is 1. The molecule has 0 saturated heterocycles. The Morgan fingerprint density at radius 2 is 1.76 bits per heavy atom. The summed E-state index contributed by atoms with van der Waals surface area (Å²) in [6.07, 6.45) is 1.54. The fourth-order valence-electron chi connectivity index (χ4n) is 3.80. The van der Waals surface area contributed by atoms with Gasteiger partial charge in [-0.1, -0.05) is 42.5 Å². The maximum atomic E-state index is 12.7. The van der Waals surface area contributed by atoms with Crippen LogP contribution in [-0.4, -0.2) is 20.1 Å². The van der Waals surface area contributed by atoms with E-state index in [-0.39, 0.29) is 12.1 Å². The number of halogens is 1. The van der Waals surface area contributed by atoms with E-state index >= 15 is 0 Å². The van der Waals surface area contributed by atoms with E-state index in [1.165, 1.54) is 5.39 Å². The lowest BCUT2D eigenvalue weighted by Crippen LogP contribution is -2.24. The second-order valence-electron chi connectivity index (χ2n) is 8.19. The summed E-state index contributed by atoms with van der Waals surface area (Å²) in [5.74, 6) is 1.43. The lowest BCUT2D eigenvalue weighted by molar-refractivity contribution is -0.117. The van der Waals surface area contributed by atoms with E-state index < -0.39 is 5.91 Å². The molecule has 6 nitrogen and oxygen atoms in total. The number of benzene rings is 4. The SMILES string of the molecule is COc1ccc(CNC(=O)/C(C#N)=C/c2ccc(OCc3ccc4ccccc4c3)c(Br)c2)c(OC)c1. The van der Waals surface area contributed by atoms with Crippen molar-refractivity contribution in [1.29, 1.82) is 5.26 Å². The van der Waals surface area contributed by atoms with E-state index in [0.29, 0.717) is 29.4 Å². The fraction of sp³-hybridized carbons (Fsp3) is 0.133. The summed E-state index contributed by atoms with van der Waals surface area (Å²) >= 11 is 3.54. The van der Waals surface area contributed by atoms with Crippen LogP contribution < -0.4 is 19.5 Å². The highest BCUT2D eigenvalue weighted by Gasteiger charge is 2.12. The van der Waals surface area contributed by atoms with E-state index in [4.69, 9.17) is 14.2 Å². The highest BCUT2D eigenvalue weighted by Crippen LogP contribution is 2.28. The third kappa shape index (κ3) is 6.49. The number of fused-ring (bicyclic) bond motifs is 1. The predicted molar refractivity (Wildman–Crippen MR) is 147 cm³/mol. The van der Waals surface area contributed by atoms with Crippen molar-refractivity contribution >= 4 is 38.7 Å². The third-order valence-corrected chi connectivity index (χ3v) is 6.39. The highest BCUT2D eigenvalue weighted by molar-refractivity contribution is 9.10. The number of rotatable bonds is 9. The number of hydrogen-bond donors (Lipinski definition) is 1. The molecule has 0 aliphatic heterocycles. The van der Waals surface area contributed by atoms with Crippen molar-refractivity contribution in [1.82, 2.24) is 5.32 Å². The molecular weight excluding hydrogens is 532 g/mol. The standard InChI is InChI=1S/C30H25BrN2O4/c1-35-26-11-10-24(29(16-26)36-2)18-33-30(34)25(17-32)13-20-8-12-28(27(31)15-20)37-19-21-7-9-22-5-3-4-6-23(22)14-21/h3-16H,18-19H2,1-2H3,(H,33,34)/b25-13+. The Morgan fingerprint density at radius 3 is 2.49 bits per heavy atom. The Morgan fingerprint density at radius 1 is 0.946 bits per heavy atom. The van der Waals surface area contributed by atoms with Crippen molar-refractivity contribution in [2.45, 2.75) is 13.2 Å². The third-order valence-electron chi connectivity index (χ3n) is 5.77. The van der Waals surface area contributed by atoms with Crippen LogP contribution in [-0.2, 0) is 17.9 Å². The number of nitriles is 1. The molecule has 37 heavy (non-hydrogen) atoms. The molecule has 0 heterocycles. The highest BCUT2D eigenvalue weighted by atomic mass is 79.9. The van der Waals surface area contributed by atoms with Crippen molar-refractivity contribution in [2.24, 2.45) is 0 Å². The lowest BCUT2D eigenvalue weighted by Gasteiger charge is -2.11. The molecule has 0 fully saturated rings. The van der Waals surface area contributed by atoms with Gasteiger partial charge < -0.3 is 19.5 Å². The number of nitrogens with one attached hydrogen (secondary N) is 1. The quantitative estimate of drug-likeness (QED) is 0.190. The molecule has 4 aromatic rings. The number of methoxy groups -OCH3 is 2. The van der Waals surface area contributed by atoms with Gasteiger partial charge in [0.25, 0.3) is 5.91 Å². The number of nitrogens with zero attached hydrogens (tertiary/aromatic N) is 1. The van der Waals surface area contributed by atoms with Crippen molar-refractivity contribution in [2.75, 3.05) is 14.2 Å². The van der Waals surface area contributed by atoms with E-state index in [1.54, 1.807) is 38.5 Å². The number of ether oxygens (including phenoxy) is 3. The minimum Gasteiger partial charge on any atom is -0.497 e. The maximum absolute atomic E-state index is 12.7. The molecule has 1 amide bonds. The zero-order chi connectivity index (χ0) is 26.2. The largest absolute Gasteiger partial charge is 0.497 e. The van der Waals surface area contributed by atoms with E-state index in [1.807, 2.05) is 42.5 Å². The average Bonchev–Trinajstić information content (AvgIpc) is 2.93. The molecule has 4 aromatic carbocycles. The van der Waals surface area contributed by atoms with E-state index in [9.17, 15) is 10.1 Å². The molecule has 0 aliphatic carbocycles. The molecule has 186 valence electrons. The summed E-state index contributed by atoms with van der Waals surface area (Å²) in [5, 5.41) is 14.7. The molecule has 0 unspecified atom stereocenters. The minimum atomic E-state index is -0.479. The van der Waals surface area contributed by atoms with Crippen molar-refractivity contribution < 1.29 is 19.0 Å². The molecule has 0 bridgehead atoms. The van der Waals surface area contributed by atoms with Crippen LogP contribution in [0.2, 0.25) is 0 Å². The Labute approximate surface area is 224 Å². The van der Waals surface area contributed by atoms with Crippen LogP contribution in [0, 0.1) is 11.3 Å². The maximum Gasteiger partial charge on any atom is 0.262 e. The van der Waals surface area contributed by atoms with Gasteiger partial charge in [-0.3, -0.25) is 4.79 Å². The second kappa shape index (κ2) is 12.1. The van der Waals surface area contributed by atoms with Crippen LogP contribution in [0.25, 0.3) is 16.8 Å². The topological polar surface area (TPSA) is 80.6 Å². The molecule has 4 rings (SSSR count). The van der Waals surface area contributed by atoms with Gasteiger partial charge >= 0.3 is 0 Å². The van der Waals surface area contributed by atoms with Gasteiger partial charge in [0.2, 0.25) is 0 Å². The normalized spacial score (nSPS) is 11.0. The van der Waals surface area contributed by atoms with Crippen LogP contribution in [0.4, 0.5) is 0 Å². The molecular formula is C30H25BrN2O4. The van der Waals surface area contributed by atoms with Crippen LogP contribution in [0.15, 0.2) is 88.9 Å². The van der Waals surface area contributed by atoms with Crippen molar-refractivity contribution in [3.05, 3.63) is 106 Å². The molecule has 0 spiro atoms. The molecule has 1 N–H and O–H groups in total. The summed E-state index contributed by atoms with van der Waals surface area (Å²) in [6.45, 7) is 0.621. The van der Waals surface area contributed by atoms with Gasteiger partial charge in [-0.25, -0.2) is 0 Å². The van der Waals surface area contributed by atoms with Gasteiger partial charge in [-0.05, 0) is 74.2 Å². The van der Waals surface area contributed by atoms with Gasteiger partial charge in [0.1, 0.15) is 35.5 Å². The average molecular weight is 557 g/mol. The summed E-state index contributed by atoms with van der Waals surface area (Å²) < 4.78 is 17.3. The Kier molecular flexibility index (Phi) is 8.44. The molecule has 0 aliphatic rings. The summed E-state index contributed by atoms with van der Waals surface area (Å²) in [4.78, 5) is 12.7. The monoisotopic (exact) mass is 556 g/mol. The Bertz CT molecular complexity index is 1510. The summed E-state index contributed by atoms with van der Waals surface area (Å²) in [5.41, 5.74) is 2.51. The van der Waals surface area contributed by atoms with Crippen LogP contribution in [0.3, 0.4) is 0 Å². The van der Waals surface area contributed by atoms with Crippen molar-refractivity contribution in [3.8, 4) is 23.3 Å². The predicted octanol–water partition coefficient (Wildman–Crippen LogP) is 6.42. The number of carbonyl (C=O) groups is 1. The first-order valence-electron chi connectivity index (χ1n) is 11.5. The molecule has 0 aromatic heterocycles. The first-order chi connectivity index (χ1) is 18.0. The van der Waals surface area contributed by atoms with E-state index in [2.05, 4.69) is 45.5 Å². The molecule has 0 atom stereocenters. The Balaban J connectivity index is 1.41. The molecule has 7 heteroatoms. The Hall–Kier alpha value is -4.28. The molecule has 0 saturated carbocycles. The van der Waals surface area contributed by atoms with Gasteiger partial charge in [0, 0.05) is 18.2 Å². The van der Waals surface area contributed by atoms with Gasteiger partial charge in [-0.15, -0.1) is 0 Å². The lowest BCUT2D eigenvalue weighted by atomic mass is 10.1. The van der Waals surface area contributed by atoms with Crippen LogP contribution >= 0.6 is 15.9 Å². The second-order valence-corrected chi connectivity index (χ2v) is 9.04. The number of amides is 1. The fourth-order valence-corrected chi connectivity index (χ4v) is 4.31. The van der Waals surface area contributed by atoms with Gasteiger partial charge in [-0.2, -0.15) is 5.26 Å². The first-order valence-corrected chi connectivity index (χ1v) is 12.3. The smallest absolute Gasteiger partial charge is 0.262 e. The van der Waals surface area contributed by atoms with Crippen molar-refractivity contribution in [3.63, 3.8) is 0 Å². The molecule has 0 radical (unpaired) electrons. The van der Waals surface area contributed by atoms with Crippen LogP contribution in [0.5, 0.6) is 17.2 Å². The van der Waals surface area contributed by atoms with Gasteiger partial charge in [0.15, 0.2) is 0 Å².